The van der Waals surface area contributed by atoms with Crippen molar-refractivity contribution in [2.24, 2.45) is 0 Å². The van der Waals surface area contributed by atoms with Gasteiger partial charge in [-0.3, -0.25) is 4.79 Å². The van der Waals surface area contributed by atoms with E-state index in [2.05, 4.69) is 33.4 Å². The van der Waals surface area contributed by atoms with E-state index in [1.807, 2.05) is 62.4 Å². The van der Waals surface area contributed by atoms with Gasteiger partial charge in [0.25, 0.3) is 5.91 Å². The molecule has 0 aliphatic heterocycles. The Morgan fingerprint density at radius 1 is 1.00 bits per heavy atom. The Hall–Kier alpha value is -2.59. The van der Waals surface area contributed by atoms with E-state index in [1.165, 1.54) is 5.56 Å². The van der Waals surface area contributed by atoms with Gasteiger partial charge in [0.05, 0.1) is 12.2 Å². The molecule has 0 bridgehead atoms. The van der Waals surface area contributed by atoms with E-state index >= 15 is 0 Å². The topological polar surface area (TPSA) is 38.3 Å². The van der Waals surface area contributed by atoms with Gasteiger partial charge in [-0.25, -0.2) is 0 Å². The summed E-state index contributed by atoms with van der Waals surface area (Å²) < 4.78 is 6.76. The van der Waals surface area contributed by atoms with E-state index in [1.54, 1.807) is 6.07 Å². The minimum Gasteiger partial charge on any atom is -0.492 e. The molecule has 0 radical (unpaired) electrons. The molecule has 1 N–H and O–H groups in total. The lowest BCUT2D eigenvalue weighted by Gasteiger charge is -2.14. The summed E-state index contributed by atoms with van der Waals surface area (Å²) in [7, 11) is 0. The largest absolute Gasteiger partial charge is 0.492 e. The average molecular weight is 424 g/mol. The summed E-state index contributed by atoms with van der Waals surface area (Å²) in [6.45, 7) is 4.54. The average Bonchev–Trinajstić information content (AvgIpc) is 2.67. The number of amides is 1. The predicted octanol–water partition coefficient (Wildman–Crippen LogP) is 5.94. The molecule has 27 heavy (non-hydrogen) atoms. The lowest BCUT2D eigenvalue weighted by Crippen LogP contribution is -2.15. The van der Waals surface area contributed by atoms with Crippen LogP contribution < -0.4 is 10.1 Å². The van der Waals surface area contributed by atoms with Crippen molar-refractivity contribution < 1.29 is 9.53 Å². The van der Waals surface area contributed by atoms with Gasteiger partial charge in [-0.05, 0) is 54.8 Å². The quantitative estimate of drug-likeness (QED) is 0.532. The van der Waals surface area contributed by atoms with Crippen molar-refractivity contribution in [2.75, 3.05) is 11.9 Å². The second kappa shape index (κ2) is 8.87. The molecule has 0 fully saturated rings. The minimum absolute atomic E-state index is 0.181. The van der Waals surface area contributed by atoms with Gasteiger partial charge >= 0.3 is 0 Å². The number of aryl methyl sites for hydroxylation is 1. The number of carbonyl (C=O) groups excluding carboxylic acids is 1. The van der Waals surface area contributed by atoms with Crippen LogP contribution in [0.1, 0.15) is 27.0 Å². The maximum atomic E-state index is 12.9. The van der Waals surface area contributed by atoms with Gasteiger partial charge in [0.15, 0.2) is 0 Å². The van der Waals surface area contributed by atoms with Crippen LogP contribution in [0.5, 0.6) is 5.75 Å². The van der Waals surface area contributed by atoms with Gasteiger partial charge in [0.1, 0.15) is 5.75 Å². The monoisotopic (exact) mass is 423 g/mol. The summed E-state index contributed by atoms with van der Waals surface area (Å²) in [5.74, 6) is 0.400. The minimum atomic E-state index is -0.181. The van der Waals surface area contributed by atoms with Crippen molar-refractivity contribution in [2.45, 2.75) is 20.3 Å². The summed E-state index contributed by atoms with van der Waals surface area (Å²) in [5, 5.41) is 3.00. The Kier molecular flexibility index (Phi) is 6.30. The zero-order valence-electron chi connectivity index (χ0n) is 15.5. The van der Waals surface area contributed by atoms with E-state index in [-0.39, 0.29) is 5.91 Å². The Morgan fingerprint density at radius 2 is 1.78 bits per heavy atom. The number of hydrogen-bond donors (Lipinski definition) is 1. The first-order valence-electron chi connectivity index (χ1n) is 8.88. The third-order valence-corrected chi connectivity index (χ3v) is 5.02. The smallest absolute Gasteiger partial charge is 0.259 e. The zero-order chi connectivity index (χ0) is 19.2. The molecule has 0 spiro atoms. The summed E-state index contributed by atoms with van der Waals surface area (Å²) >= 11 is 3.45. The molecule has 0 aliphatic rings. The van der Waals surface area contributed by atoms with Crippen LogP contribution >= 0.6 is 15.9 Å². The van der Waals surface area contributed by atoms with Crippen LogP contribution in [0.25, 0.3) is 0 Å². The Bertz CT molecular complexity index is 938. The number of anilines is 1. The molecule has 0 atom stereocenters. The fourth-order valence-corrected chi connectivity index (χ4v) is 3.17. The van der Waals surface area contributed by atoms with Gasteiger partial charge in [-0.2, -0.15) is 0 Å². The van der Waals surface area contributed by atoms with Crippen molar-refractivity contribution in [1.82, 2.24) is 0 Å². The standard InChI is InChI=1S/C23H22BrNO2/c1-16-7-6-10-21(17(16)2)25-23(26)20-15-19(24)11-12-22(20)27-14-13-18-8-4-3-5-9-18/h3-12,15H,13-14H2,1-2H3,(H,25,26). The highest BCUT2D eigenvalue weighted by Crippen LogP contribution is 2.26. The third-order valence-electron chi connectivity index (χ3n) is 4.53. The first-order chi connectivity index (χ1) is 13.0. The molecule has 3 nitrogen and oxygen atoms in total. The van der Waals surface area contributed by atoms with Crippen LogP contribution in [0.4, 0.5) is 5.69 Å². The summed E-state index contributed by atoms with van der Waals surface area (Å²) in [4.78, 5) is 12.9. The second-order valence-corrected chi connectivity index (χ2v) is 7.34. The number of hydrogen-bond acceptors (Lipinski definition) is 2. The van der Waals surface area contributed by atoms with Crippen molar-refractivity contribution >= 4 is 27.5 Å². The number of rotatable bonds is 6. The molecule has 0 aromatic heterocycles. The SMILES string of the molecule is Cc1cccc(NC(=O)c2cc(Br)ccc2OCCc2ccccc2)c1C. The molecule has 3 aromatic carbocycles. The Balaban J connectivity index is 1.75. The molecule has 0 heterocycles. The summed E-state index contributed by atoms with van der Waals surface area (Å²) in [6, 6.07) is 21.5. The van der Waals surface area contributed by atoms with Crippen molar-refractivity contribution in [1.29, 1.82) is 0 Å². The molecular formula is C23H22BrNO2. The van der Waals surface area contributed by atoms with E-state index in [4.69, 9.17) is 4.74 Å². The van der Waals surface area contributed by atoms with Crippen molar-refractivity contribution in [3.05, 3.63) is 93.5 Å². The van der Waals surface area contributed by atoms with Crippen molar-refractivity contribution in [3.63, 3.8) is 0 Å². The summed E-state index contributed by atoms with van der Waals surface area (Å²) in [6.07, 6.45) is 0.787. The normalized spacial score (nSPS) is 10.5. The van der Waals surface area contributed by atoms with E-state index in [0.717, 1.165) is 27.7 Å². The molecule has 0 unspecified atom stereocenters. The first-order valence-corrected chi connectivity index (χ1v) is 9.68. The van der Waals surface area contributed by atoms with Crippen LogP contribution in [-0.2, 0) is 6.42 Å². The predicted molar refractivity (Wildman–Crippen MR) is 114 cm³/mol. The van der Waals surface area contributed by atoms with Gasteiger partial charge in [-0.1, -0.05) is 58.4 Å². The van der Waals surface area contributed by atoms with E-state index < -0.39 is 0 Å². The van der Waals surface area contributed by atoms with Crippen LogP contribution in [0, 0.1) is 13.8 Å². The molecule has 3 rings (SSSR count). The first kappa shape index (κ1) is 19.2. The number of carbonyl (C=O) groups is 1. The van der Waals surface area contributed by atoms with Gasteiger partial charge in [-0.15, -0.1) is 0 Å². The zero-order valence-corrected chi connectivity index (χ0v) is 17.0. The molecule has 3 aromatic rings. The number of halogens is 1. The molecule has 4 heteroatoms. The maximum Gasteiger partial charge on any atom is 0.259 e. The number of ether oxygens (including phenoxy) is 1. The fourth-order valence-electron chi connectivity index (χ4n) is 2.81. The molecular weight excluding hydrogens is 402 g/mol. The number of nitrogens with one attached hydrogen (secondary N) is 1. The third kappa shape index (κ3) is 4.98. The van der Waals surface area contributed by atoms with Crippen molar-refractivity contribution in [3.8, 4) is 5.75 Å². The maximum absolute atomic E-state index is 12.9. The Labute approximate surface area is 168 Å². The van der Waals surface area contributed by atoms with E-state index in [0.29, 0.717) is 17.9 Å². The molecule has 0 aliphatic carbocycles. The summed E-state index contributed by atoms with van der Waals surface area (Å²) in [5.41, 5.74) is 4.73. The van der Waals surface area contributed by atoms with Crippen LogP contribution in [0.2, 0.25) is 0 Å². The molecule has 0 saturated heterocycles. The lowest BCUT2D eigenvalue weighted by molar-refractivity contribution is 0.102. The van der Waals surface area contributed by atoms with Gasteiger partial charge in [0.2, 0.25) is 0 Å². The van der Waals surface area contributed by atoms with E-state index in [9.17, 15) is 4.79 Å². The van der Waals surface area contributed by atoms with Crippen LogP contribution in [0.15, 0.2) is 71.2 Å². The highest BCUT2D eigenvalue weighted by atomic mass is 79.9. The second-order valence-electron chi connectivity index (χ2n) is 6.43. The highest BCUT2D eigenvalue weighted by molar-refractivity contribution is 9.10. The van der Waals surface area contributed by atoms with Gasteiger partial charge in [0, 0.05) is 16.6 Å². The van der Waals surface area contributed by atoms with Crippen LogP contribution in [-0.4, -0.2) is 12.5 Å². The lowest BCUT2D eigenvalue weighted by atomic mass is 10.1. The molecule has 0 saturated carbocycles. The molecule has 1 amide bonds. The molecule has 138 valence electrons. The van der Waals surface area contributed by atoms with Gasteiger partial charge < -0.3 is 10.1 Å². The van der Waals surface area contributed by atoms with Crippen LogP contribution in [0.3, 0.4) is 0 Å². The Morgan fingerprint density at radius 3 is 2.56 bits per heavy atom. The fraction of sp³-hybridized carbons (Fsp3) is 0.174. The number of benzene rings is 3. The highest BCUT2D eigenvalue weighted by Gasteiger charge is 2.15.